The average molecular weight is 458 g/mol. The van der Waals surface area contributed by atoms with Crippen molar-refractivity contribution in [3.8, 4) is 6.07 Å². The Kier molecular flexibility index (Phi) is 6.43. The monoisotopic (exact) mass is 457 g/mol. The number of rotatable bonds is 5. The largest absolute Gasteiger partial charge is 0.370 e. The third-order valence-electron chi connectivity index (χ3n) is 6.64. The minimum Gasteiger partial charge on any atom is -0.370 e. The lowest BCUT2D eigenvalue weighted by atomic mass is 10.1. The van der Waals surface area contributed by atoms with Gasteiger partial charge < -0.3 is 15.0 Å². The molecule has 176 valence electrons. The van der Waals surface area contributed by atoms with Crippen molar-refractivity contribution in [1.29, 1.82) is 5.26 Å². The molecule has 2 aliphatic rings. The van der Waals surface area contributed by atoms with Crippen LogP contribution in [-0.4, -0.2) is 66.8 Å². The molecule has 5 rings (SSSR count). The van der Waals surface area contributed by atoms with Gasteiger partial charge in [-0.1, -0.05) is 18.2 Å². The summed E-state index contributed by atoms with van der Waals surface area (Å²) in [5.74, 6) is -0.0116. The highest BCUT2D eigenvalue weighted by Gasteiger charge is 2.31. The second-order valence-electron chi connectivity index (χ2n) is 9.20. The number of aromatic nitrogens is 1. The minimum atomic E-state index is -0.0116. The van der Waals surface area contributed by atoms with E-state index in [1.807, 2.05) is 54.6 Å². The van der Waals surface area contributed by atoms with E-state index in [4.69, 9.17) is 4.74 Å². The van der Waals surface area contributed by atoms with Crippen LogP contribution in [0.4, 0.5) is 5.69 Å². The Morgan fingerprint density at radius 3 is 2.85 bits per heavy atom. The molecule has 1 N–H and O–H groups in total. The van der Waals surface area contributed by atoms with Gasteiger partial charge in [-0.2, -0.15) is 5.26 Å². The fourth-order valence-electron chi connectivity index (χ4n) is 5.13. The third-order valence-corrected chi connectivity index (χ3v) is 6.64. The molecule has 0 saturated carbocycles. The summed E-state index contributed by atoms with van der Waals surface area (Å²) in [6.45, 7) is 6.27. The SMILES string of the molecule is C[C@@H]1CN(c2ccc(C#N)c3ncccc23)C[C@H](CN2CC[C@@H](NC(=O)c3ccccc3)C2)O1.[HH]. The first-order valence-electron chi connectivity index (χ1n) is 11.9. The molecule has 0 radical (unpaired) electrons. The number of ether oxygens (including phenoxy) is 1. The van der Waals surface area contributed by atoms with Crippen LogP contribution in [0.5, 0.6) is 0 Å². The number of benzene rings is 2. The van der Waals surface area contributed by atoms with Gasteiger partial charge in [-0.15, -0.1) is 0 Å². The number of amides is 1. The molecule has 34 heavy (non-hydrogen) atoms. The van der Waals surface area contributed by atoms with E-state index in [0.29, 0.717) is 11.1 Å². The molecule has 2 saturated heterocycles. The molecule has 1 aromatic heterocycles. The Labute approximate surface area is 201 Å². The molecule has 3 atom stereocenters. The van der Waals surface area contributed by atoms with E-state index < -0.39 is 0 Å². The van der Waals surface area contributed by atoms with Gasteiger partial charge in [-0.3, -0.25) is 14.7 Å². The minimum absolute atomic E-state index is 0. The van der Waals surface area contributed by atoms with Gasteiger partial charge in [-0.05, 0) is 49.7 Å². The van der Waals surface area contributed by atoms with Crippen LogP contribution in [0.15, 0.2) is 60.8 Å². The summed E-state index contributed by atoms with van der Waals surface area (Å²) < 4.78 is 6.30. The molecule has 3 heterocycles. The van der Waals surface area contributed by atoms with Crippen LogP contribution in [0.2, 0.25) is 0 Å². The van der Waals surface area contributed by atoms with Crippen LogP contribution in [0.1, 0.15) is 30.7 Å². The van der Waals surface area contributed by atoms with Crippen molar-refractivity contribution in [3.63, 3.8) is 0 Å². The van der Waals surface area contributed by atoms with Gasteiger partial charge in [0.05, 0.1) is 23.3 Å². The molecule has 2 fully saturated rings. The van der Waals surface area contributed by atoms with Crippen molar-refractivity contribution in [2.45, 2.75) is 31.6 Å². The topological polar surface area (TPSA) is 81.5 Å². The van der Waals surface area contributed by atoms with Crippen molar-refractivity contribution in [3.05, 3.63) is 71.9 Å². The van der Waals surface area contributed by atoms with E-state index in [1.54, 1.807) is 6.20 Å². The first kappa shape index (κ1) is 22.3. The molecule has 0 spiro atoms. The first-order valence-corrected chi connectivity index (χ1v) is 11.9. The van der Waals surface area contributed by atoms with Crippen molar-refractivity contribution < 1.29 is 11.0 Å². The predicted molar refractivity (Wildman–Crippen MR) is 134 cm³/mol. The zero-order chi connectivity index (χ0) is 23.5. The zero-order valence-corrected chi connectivity index (χ0v) is 19.4. The van der Waals surface area contributed by atoms with Crippen LogP contribution in [-0.2, 0) is 4.74 Å². The highest BCUT2D eigenvalue weighted by molar-refractivity contribution is 5.95. The maximum Gasteiger partial charge on any atom is 0.251 e. The van der Waals surface area contributed by atoms with E-state index in [9.17, 15) is 10.1 Å². The van der Waals surface area contributed by atoms with Gasteiger partial charge in [0.1, 0.15) is 6.07 Å². The highest BCUT2D eigenvalue weighted by Crippen LogP contribution is 2.30. The fourth-order valence-corrected chi connectivity index (χ4v) is 5.13. The number of fused-ring (bicyclic) bond motifs is 1. The van der Waals surface area contributed by atoms with Crippen LogP contribution in [0.3, 0.4) is 0 Å². The molecule has 0 bridgehead atoms. The molecule has 2 aliphatic heterocycles. The number of pyridine rings is 1. The number of morpholine rings is 1. The third kappa shape index (κ3) is 4.74. The lowest BCUT2D eigenvalue weighted by Crippen LogP contribution is -2.51. The summed E-state index contributed by atoms with van der Waals surface area (Å²) in [6, 6.07) is 19.6. The second kappa shape index (κ2) is 9.80. The molecule has 3 aromatic rings. The number of carbonyl (C=O) groups excluding carboxylic acids is 1. The number of hydrogen-bond acceptors (Lipinski definition) is 6. The van der Waals surface area contributed by atoms with E-state index in [0.717, 1.165) is 55.7 Å². The number of likely N-dealkylation sites (tertiary alicyclic amines) is 1. The van der Waals surface area contributed by atoms with Crippen molar-refractivity contribution >= 4 is 22.5 Å². The molecule has 0 aliphatic carbocycles. The standard InChI is InChI=1S/C27H29N5O2.H2/c1-19-15-32(25-10-9-21(14-28)26-24(25)8-5-12-29-26)18-23(34-19)17-31-13-11-22(16-31)30-27(33)20-6-3-2-4-7-20;/h2-10,12,19,22-23H,11,13,15-18H2,1H3,(H,30,33);1H/t19-,22-,23+;/m1./s1. The van der Waals surface area contributed by atoms with Crippen LogP contribution in [0.25, 0.3) is 10.9 Å². The summed E-state index contributed by atoms with van der Waals surface area (Å²) in [4.78, 5) is 21.7. The number of carbonyl (C=O) groups is 1. The quantitative estimate of drug-likeness (QED) is 0.632. The zero-order valence-electron chi connectivity index (χ0n) is 19.4. The van der Waals surface area contributed by atoms with Crippen LogP contribution in [0, 0.1) is 11.3 Å². The summed E-state index contributed by atoms with van der Waals surface area (Å²) >= 11 is 0. The molecule has 7 nitrogen and oxygen atoms in total. The van der Waals surface area contributed by atoms with E-state index >= 15 is 0 Å². The summed E-state index contributed by atoms with van der Waals surface area (Å²) in [5.41, 5.74) is 3.13. The highest BCUT2D eigenvalue weighted by atomic mass is 16.5. The first-order chi connectivity index (χ1) is 16.6. The number of anilines is 1. The number of nitrogens with one attached hydrogen (secondary N) is 1. The van der Waals surface area contributed by atoms with E-state index in [-0.39, 0.29) is 25.6 Å². The summed E-state index contributed by atoms with van der Waals surface area (Å²) in [7, 11) is 0. The van der Waals surface area contributed by atoms with Gasteiger partial charge in [0, 0.05) is 63.0 Å². The number of nitrogens with zero attached hydrogens (tertiary/aromatic N) is 4. The lowest BCUT2D eigenvalue weighted by Gasteiger charge is -2.40. The van der Waals surface area contributed by atoms with E-state index in [2.05, 4.69) is 33.1 Å². The Hall–Kier alpha value is -3.47. The Morgan fingerprint density at radius 2 is 2.03 bits per heavy atom. The maximum absolute atomic E-state index is 12.5. The molecular formula is C27H31N5O2. The van der Waals surface area contributed by atoms with Gasteiger partial charge in [0.2, 0.25) is 0 Å². The lowest BCUT2D eigenvalue weighted by molar-refractivity contribution is -0.0295. The molecule has 7 heteroatoms. The summed E-state index contributed by atoms with van der Waals surface area (Å²) in [6.07, 6.45) is 2.83. The van der Waals surface area contributed by atoms with Crippen molar-refractivity contribution in [1.82, 2.24) is 15.2 Å². The normalized spacial score (nSPS) is 23.1. The smallest absolute Gasteiger partial charge is 0.251 e. The molecule has 1 amide bonds. The fraction of sp³-hybridized carbons (Fsp3) is 0.370. The number of nitriles is 1. The van der Waals surface area contributed by atoms with Crippen molar-refractivity contribution in [2.24, 2.45) is 0 Å². The van der Waals surface area contributed by atoms with Crippen LogP contribution >= 0.6 is 0 Å². The maximum atomic E-state index is 12.5. The van der Waals surface area contributed by atoms with E-state index in [1.165, 1.54) is 0 Å². The Bertz CT molecular complexity index is 1220. The van der Waals surface area contributed by atoms with Gasteiger partial charge in [-0.25, -0.2) is 0 Å². The van der Waals surface area contributed by atoms with Gasteiger partial charge in [0.15, 0.2) is 0 Å². The molecule has 2 aromatic carbocycles. The predicted octanol–water partition coefficient (Wildman–Crippen LogP) is 3.45. The van der Waals surface area contributed by atoms with Crippen LogP contribution < -0.4 is 10.2 Å². The van der Waals surface area contributed by atoms with Crippen molar-refractivity contribution in [2.75, 3.05) is 37.6 Å². The second-order valence-corrected chi connectivity index (χ2v) is 9.20. The molecular weight excluding hydrogens is 426 g/mol. The molecule has 0 unspecified atom stereocenters. The summed E-state index contributed by atoms with van der Waals surface area (Å²) in [5, 5.41) is 13.6. The number of hydrogen-bond donors (Lipinski definition) is 1. The average Bonchev–Trinajstić information content (AvgIpc) is 3.29. The van der Waals surface area contributed by atoms with Gasteiger partial charge >= 0.3 is 0 Å². The van der Waals surface area contributed by atoms with Gasteiger partial charge in [0.25, 0.3) is 5.91 Å². The Morgan fingerprint density at radius 1 is 1.18 bits per heavy atom. The Balaban J connectivity index is 0.00000289.